The van der Waals surface area contributed by atoms with Gasteiger partial charge < -0.3 is 4.90 Å². The van der Waals surface area contributed by atoms with Gasteiger partial charge in [0, 0.05) is 6.54 Å². The van der Waals surface area contributed by atoms with Gasteiger partial charge in [-0.05, 0) is 24.7 Å². The molecule has 0 radical (unpaired) electrons. The van der Waals surface area contributed by atoms with Crippen LogP contribution in [0, 0.1) is 11.8 Å². The molecule has 3 nitrogen and oxygen atoms in total. The minimum absolute atomic E-state index is 0.0552. The Morgan fingerprint density at radius 1 is 1.29 bits per heavy atom. The third-order valence-corrected chi connectivity index (χ3v) is 3.45. The van der Waals surface area contributed by atoms with Crippen molar-refractivity contribution in [3.05, 3.63) is 0 Å². The van der Waals surface area contributed by atoms with E-state index in [1.807, 2.05) is 0 Å². The maximum Gasteiger partial charge on any atom is 0.241 e. The molecule has 1 saturated heterocycles. The summed E-state index contributed by atoms with van der Waals surface area (Å²) in [5, 5.41) is 3.49. The van der Waals surface area contributed by atoms with Gasteiger partial charge in [0.05, 0.1) is 12.2 Å². The van der Waals surface area contributed by atoms with Crippen molar-refractivity contribution in [2.75, 3.05) is 6.54 Å². The summed E-state index contributed by atoms with van der Waals surface area (Å²) in [6.45, 7) is 11.8. The lowest BCUT2D eigenvalue weighted by Gasteiger charge is -2.27. The monoisotopic (exact) mass is 240 g/mol. The summed E-state index contributed by atoms with van der Waals surface area (Å²) < 4.78 is 0. The molecule has 3 heteroatoms. The predicted octanol–water partition coefficient (Wildman–Crippen LogP) is 2.62. The first-order valence-electron chi connectivity index (χ1n) is 7.03. The van der Waals surface area contributed by atoms with Gasteiger partial charge in [-0.3, -0.25) is 10.1 Å². The van der Waals surface area contributed by atoms with Gasteiger partial charge >= 0.3 is 0 Å². The van der Waals surface area contributed by atoms with Crippen molar-refractivity contribution in [3.8, 4) is 0 Å². The van der Waals surface area contributed by atoms with Crippen LogP contribution in [0.2, 0.25) is 0 Å². The van der Waals surface area contributed by atoms with Crippen LogP contribution in [0.3, 0.4) is 0 Å². The molecule has 1 heterocycles. The van der Waals surface area contributed by atoms with Crippen molar-refractivity contribution in [2.24, 2.45) is 11.8 Å². The van der Waals surface area contributed by atoms with Crippen molar-refractivity contribution in [2.45, 2.75) is 66.1 Å². The van der Waals surface area contributed by atoms with Gasteiger partial charge in [0.15, 0.2) is 0 Å². The summed E-state index contributed by atoms with van der Waals surface area (Å²) in [4.78, 5) is 14.3. The molecule has 2 unspecified atom stereocenters. The van der Waals surface area contributed by atoms with E-state index in [1.165, 1.54) is 0 Å². The molecule has 1 N–H and O–H groups in total. The van der Waals surface area contributed by atoms with Gasteiger partial charge in [0.25, 0.3) is 0 Å². The average molecular weight is 240 g/mol. The molecule has 2 atom stereocenters. The fraction of sp³-hybridized carbons (Fsp3) is 0.929. The molecule has 1 fully saturated rings. The standard InChI is InChI=1S/C14H28N2O/c1-6-7-12-14(17)16(9-8-10(2)3)13(15-12)11(4)5/h10-13,15H,6-9H2,1-5H3. The van der Waals surface area contributed by atoms with Crippen molar-refractivity contribution in [1.29, 1.82) is 0 Å². The van der Waals surface area contributed by atoms with Gasteiger partial charge in [-0.2, -0.15) is 0 Å². The van der Waals surface area contributed by atoms with Crippen molar-refractivity contribution < 1.29 is 4.79 Å². The van der Waals surface area contributed by atoms with E-state index in [0.717, 1.165) is 25.8 Å². The van der Waals surface area contributed by atoms with E-state index in [9.17, 15) is 4.79 Å². The number of carbonyl (C=O) groups is 1. The van der Waals surface area contributed by atoms with Crippen LogP contribution in [0.1, 0.15) is 53.9 Å². The maximum atomic E-state index is 12.3. The zero-order valence-electron chi connectivity index (χ0n) is 12.0. The normalized spacial score (nSPS) is 25.4. The number of carbonyl (C=O) groups excluding carboxylic acids is 1. The predicted molar refractivity (Wildman–Crippen MR) is 71.6 cm³/mol. The van der Waals surface area contributed by atoms with Crippen LogP contribution in [0.4, 0.5) is 0 Å². The summed E-state index contributed by atoms with van der Waals surface area (Å²) in [6, 6.07) is 0.0552. The van der Waals surface area contributed by atoms with Gasteiger partial charge in [-0.15, -0.1) is 0 Å². The van der Waals surface area contributed by atoms with E-state index >= 15 is 0 Å². The number of hydrogen-bond acceptors (Lipinski definition) is 2. The lowest BCUT2D eigenvalue weighted by Crippen LogP contribution is -2.42. The highest BCUT2D eigenvalue weighted by atomic mass is 16.2. The fourth-order valence-electron chi connectivity index (χ4n) is 2.40. The molecule has 0 aromatic rings. The topological polar surface area (TPSA) is 32.3 Å². The molecule has 1 amide bonds. The first-order valence-corrected chi connectivity index (χ1v) is 7.03. The molecule has 0 aromatic heterocycles. The summed E-state index contributed by atoms with van der Waals surface area (Å²) in [6.07, 6.45) is 3.35. The second kappa shape index (κ2) is 6.39. The van der Waals surface area contributed by atoms with Crippen molar-refractivity contribution >= 4 is 5.91 Å². The molecule has 1 rings (SSSR count). The largest absolute Gasteiger partial charge is 0.326 e. The Hall–Kier alpha value is -0.570. The Bertz CT molecular complexity index is 251. The Labute approximate surface area is 106 Å². The smallest absolute Gasteiger partial charge is 0.241 e. The molecule has 1 aliphatic heterocycles. The van der Waals surface area contributed by atoms with Crippen LogP contribution in [-0.2, 0) is 4.79 Å². The maximum absolute atomic E-state index is 12.3. The van der Waals surface area contributed by atoms with Gasteiger partial charge in [0.2, 0.25) is 5.91 Å². The molecular weight excluding hydrogens is 212 g/mol. The number of nitrogens with zero attached hydrogens (tertiary/aromatic N) is 1. The van der Waals surface area contributed by atoms with E-state index in [-0.39, 0.29) is 12.2 Å². The van der Waals surface area contributed by atoms with E-state index in [0.29, 0.717) is 17.7 Å². The van der Waals surface area contributed by atoms with Crippen molar-refractivity contribution in [3.63, 3.8) is 0 Å². The molecule has 0 aromatic carbocycles. The van der Waals surface area contributed by atoms with Gasteiger partial charge in [0.1, 0.15) is 0 Å². The Morgan fingerprint density at radius 3 is 2.41 bits per heavy atom. The van der Waals surface area contributed by atoms with Crippen LogP contribution in [0.5, 0.6) is 0 Å². The average Bonchev–Trinajstić information content (AvgIpc) is 2.54. The number of hydrogen-bond donors (Lipinski definition) is 1. The number of nitrogens with one attached hydrogen (secondary N) is 1. The lowest BCUT2D eigenvalue weighted by molar-refractivity contribution is -0.130. The summed E-state index contributed by atoms with van der Waals surface area (Å²) >= 11 is 0. The SMILES string of the molecule is CCCC1NC(C(C)C)N(CCC(C)C)C1=O. The Balaban J connectivity index is 2.65. The van der Waals surface area contributed by atoms with Crippen LogP contribution >= 0.6 is 0 Å². The fourth-order valence-corrected chi connectivity index (χ4v) is 2.40. The first-order chi connectivity index (χ1) is 7.97. The highest BCUT2D eigenvalue weighted by Gasteiger charge is 2.39. The minimum atomic E-state index is 0.0552. The first kappa shape index (κ1) is 14.5. The molecule has 0 aliphatic carbocycles. The number of rotatable bonds is 6. The lowest BCUT2D eigenvalue weighted by atomic mass is 10.1. The van der Waals surface area contributed by atoms with Crippen LogP contribution in [0.25, 0.3) is 0 Å². The molecule has 0 spiro atoms. The summed E-state index contributed by atoms with van der Waals surface area (Å²) in [5.41, 5.74) is 0. The third kappa shape index (κ3) is 3.70. The molecule has 0 saturated carbocycles. The quantitative estimate of drug-likeness (QED) is 0.774. The summed E-state index contributed by atoms with van der Waals surface area (Å²) in [7, 11) is 0. The third-order valence-electron chi connectivity index (χ3n) is 3.45. The molecule has 1 aliphatic rings. The van der Waals surface area contributed by atoms with Crippen molar-refractivity contribution in [1.82, 2.24) is 10.2 Å². The van der Waals surface area contributed by atoms with E-state index in [2.05, 4.69) is 44.8 Å². The van der Waals surface area contributed by atoms with Crippen LogP contribution in [-0.4, -0.2) is 29.6 Å². The summed E-state index contributed by atoms with van der Waals surface area (Å²) in [5.74, 6) is 1.44. The zero-order chi connectivity index (χ0) is 13.0. The Kier molecular flexibility index (Phi) is 5.44. The minimum Gasteiger partial charge on any atom is -0.326 e. The highest BCUT2D eigenvalue weighted by molar-refractivity contribution is 5.84. The van der Waals surface area contributed by atoms with E-state index < -0.39 is 0 Å². The molecule has 17 heavy (non-hydrogen) atoms. The number of amides is 1. The Morgan fingerprint density at radius 2 is 1.94 bits per heavy atom. The van der Waals surface area contributed by atoms with E-state index in [1.54, 1.807) is 0 Å². The van der Waals surface area contributed by atoms with Crippen LogP contribution in [0.15, 0.2) is 0 Å². The second-order valence-corrected chi connectivity index (χ2v) is 5.91. The van der Waals surface area contributed by atoms with Crippen LogP contribution < -0.4 is 5.32 Å². The zero-order valence-corrected chi connectivity index (χ0v) is 12.0. The molecule has 0 bridgehead atoms. The second-order valence-electron chi connectivity index (χ2n) is 5.91. The highest BCUT2D eigenvalue weighted by Crippen LogP contribution is 2.21. The molecule has 100 valence electrons. The van der Waals surface area contributed by atoms with Gasteiger partial charge in [-0.25, -0.2) is 0 Å². The molecular formula is C14H28N2O. The van der Waals surface area contributed by atoms with E-state index in [4.69, 9.17) is 0 Å². The van der Waals surface area contributed by atoms with Gasteiger partial charge in [-0.1, -0.05) is 41.0 Å².